The van der Waals surface area contributed by atoms with E-state index in [2.05, 4.69) is 12.3 Å². The summed E-state index contributed by atoms with van der Waals surface area (Å²) in [4.78, 5) is 0. The molecule has 0 bridgehead atoms. The Morgan fingerprint density at radius 3 is 2.75 bits per heavy atom. The van der Waals surface area contributed by atoms with Crippen molar-refractivity contribution < 1.29 is 5.11 Å². The van der Waals surface area contributed by atoms with Gasteiger partial charge in [0.15, 0.2) is 0 Å². The molecule has 0 aliphatic carbocycles. The molecule has 0 amide bonds. The Bertz CT molecular complexity index is 313. The van der Waals surface area contributed by atoms with Crippen LogP contribution in [0.25, 0.3) is 0 Å². The second-order valence-electron chi connectivity index (χ2n) is 2.34. The average molecular weight is 181 g/mol. The summed E-state index contributed by atoms with van der Waals surface area (Å²) in [7, 11) is 0. The molecule has 62 valence electrons. The molecule has 0 aliphatic heterocycles. The van der Waals surface area contributed by atoms with Gasteiger partial charge in [0.1, 0.15) is 6.10 Å². The number of halogens is 1. The largest absolute Gasteiger partial charge is 0.384 e. The monoisotopic (exact) mass is 180 g/mol. The molecule has 0 fully saturated rings. The van der Waals surface area contributed by atoms with Crippen LogP contribution in [-0.4, -0.2) is 5.11 Å². The molecule has 2 heteroatoms. The van der Waals surface area contributed by atoms with Gasteiger partial charge >= 0.3 is 0 Å². The molecular weight excluding hydrogens is 172 g/mol. The fourth-order valence-corrected chi connectivity index (χ4v) is 1.16. The molecule has 1 unspecified atom stereocenters. The van der Waals surface area contributed by atoms with E-state index in [0.717, 1.165) is 0 Å². The van der Waals surface area contributed by atoms with E-state index in [1.165, 1.54) is 6.08 Å². The van der Waals surface area contributed by atoms with Crippen molar-refractivity contribution in [1.82, 2.24) is 0 Å². The van der Waals surface area contributed by atoms with Gasteiger partial charge in [0.05, 0.1) is 0 Å². The number of hydrogen-bond donors (Lipinski definition) is 1. The zero-order valence-corrected chi connectivity index (χ0v) is 7.25. The van der Waals surface area contributed by atoms with E-state index in [-0.39, 0.29) is 0 Å². The second-order valence-corrected chi connectivity index (χ2v) is 2.74. The SMILES string of the molecule is C=C=CC(O)c1ccccc1Cl. The smallest absolute Gasteiger partial charge is 0.106 e. The van der Waals surface area contributed by atoms with Crippen molar-refractivity contribution in [2.24, 2.45) is 0 Å². The lowest BCUT2D eigenvalue weighted by Gasteiger charge is -2.05. The van der Waals surface area contributed by atoms with Crippen LogP contribution in [0.5, 0.6) is 0 Å². The summed E-state index contributed by atoms with van der Waals surface area (Å²) in [6, 6.07) is 7.13. The van der Waals surface area contributed by atoms with Gasteiger partial charge in [0.25, 0.3) is 0 Å². The van der Waals surface area contributed by atoms with Crippen LogP contribution >= 0.6 is 11.6 Å². The first-order valence-electron chi connectivity index (χ1n) is 3.54. The Hall–Kier alpha value is -1.01. The third kappa shape index (κ3) is 1.99. The maximum Gasteiger partial charge on any atom is 0.106 e. The molecule has 0 heterocycles. The summed E-state index contributed by atoms with van der Waals surface area (Å²) in [6.07, 6.45) is 0.748. The van der Waals surface area contributed by atoms with Gasteiger partial charge in [-0.1, -0.05) is 36.4 Å². The molecule has 0 aromatic heterocycles. The molecule has 0 aliphatic rings. The minimum atomic E-state index is -0.712. The maximum absolute atomic E-state index is 9.46. The van der Waals surface area contributed by atoms with Crippen LogP contribution < -0.4 is 0 Å². The average Bonchev–Trinajstić information content (AvgIpc) is 2.05. The Labute approximate surface area is 76.6 Å². The van der Waals surface area contributed by atoms with Crippen molar-refractivity contribution in [1.29, 1.82) is 0 Å². The topological polar surface area (TPSA) is 20.2 Å². The van der Waals surface area contributed by atoms with Gasteiger partial charge in [-0.15, -0.1) is 5.73 Å². The fraction of sp³-hybridized carbons (Fsp3) is 0.100. The van der Waals surface area contributed by atoms with E-state index in [4.69, 9.17) is 11.6 Å². The molecular formula is C10H9ClO. The number of aliphatic hydroxyl groups excluding tert-OH is 1. The maximum atomic E-state index is 9.46. The van der Waals surface area contributed by atoms with Crippen LogP contribution in [0, 0.1) is 0 Å². The highest BCUT2D eigenvalue weighted by Gasteiger charge is 2.05. The van der Waals surface area contributed by atoms with Crippen LogP contribution in [0.1, 0.15) is 11.7 Å². The molecule has 1 aromatic carbocycles. The number of rotatable bonds is 2. The second kappa shape index (κ2) is 4.13. The third-order valence-corrected chi connectivity index (χ3v) is 1.84. The molecule has 0 saturated carbocycles. The number of hydrogen-bond acceptors (Lipinski definition) is 1. The van der Waals surface area contributed by atoms with Crippen LogP contribution in [0.4, 0.5) is 0 Å². The summed E-state index contributed by atoms with van der Waals surface area (Å²) < 4.78 is 0. The highest BCUT2D eigenvalue weighted by atomic mass is 35.5. The van der Waals surface area contributed by atoms with E-state index < -0.39 is 6.10 Å². The Morgan fingerprint density at radius 1 is 1.50 bits per heavy atom. The minimum Gasteiger partial charge on any atom is -0.384 e. The van der Waals surface area contributed by atoms with Crippen LogP contribution in [-0.2, 0) is 0 Å². The van der Waals surface area contributed by atoms with Crippen molar-refractivity contribution in [3.05, 3.63) is 53.2 Å². The van der Waals surface area contributed by atoms with Crippen LogP contribution in [0.15, 0.2) is 42.7 Å². The van der Waals surface area contributed by atoms with Gasteiger partial charge < -0.3 is 5.11 Å². The summed E-state index contributed by atoms with van der Waals surface area (Å²) in [5.41, 5.74) is 3.19. The van der Waals surface area contributed by atoms with E-state index in [9.17, 15) is 5.11 Å². The van der Waals surface area contributed by atoms with Gasteiger partial charge in [0, 0.05) is 10.6 Å². The predicted molar refractivity (Wildman–Crippen MR) is 50.1 cm³/mol. The van der Waals surface area contributed by atoms with Gasteiger partial charge in [-0.3, -0.25) is 0 Å². The normalized spacial score (nSPS) is 11.8. The van der Waals surface area contributed by atoms with Crippen molar-refractivity contribution >= 4 is 11.6 Å². The molecule has 0 radical (unpaired) electrons. The quantitative estimate of drug-likeness (QED) is 0.694. The zero-order chi connectivity index (χ0) is 8.97. The lowest BCUT2D eigenvalue weighted by Crippen LogP contribution is -1.92. The van der Waals surface area contributed by atoms with Crippen molar-refractivity contribution in [3.8, 4) is 0 Å². The molecule has 1 aromatic rings. The molecule has 1 atom stereocenters. The molecule has 1 N–H and O–H groups in total. The number of benzene rings is 1. The highest BCUT2D eigenvalue weighted by Crippen LogP contribution is 2.22. The highest BCUT2D eigenvalue weighted by molar-refractivity contribution is 6.31. The Balaban J connectivity index is 3.02. The van der Waals surface area contributed by atoms with Crippen LogP contribution in [0.2, 0.25) is 5.02 Å². The predicted octanol–water partition coefficient (Wildman–Crippen LogP) is 2.71. The van der Waals surface area contributed by atoms with E-state index in [1.54, 1.807) is 12.1 Å². The van der Waals surface area contributed by atoms with E-state index >= 15 is 0 Å². The summed E-state index contributed by atoms with van der Waals surface area (Å²) >= 11 is 5.83. The first kappa shape index (κ1) is 9.08. The molecule has 12 heavy (non-hydrogen) atoms. The fourth-order valence-electron chi connectivity index (χ4n) is 0.916. The minimum absolute atomic E-state index is 0.552. The Kier molecular flexibility index (Phi) is 3.12. The van der Waals surface area contributed by atoms with Gasteiger partial charge in [-0.25, -0.2) is 0 Å². The Morgan fingerprint density at radius 2 is 2.17 bits per heavy atom. The van der Waals surface area contributed by atoms with Gasteiger partial charge in [-0.2, -0.15) is 0 Å². The molecule has 1 nitrogen and oxygen atoms in total. The first-order valence-corrected chi connectivity index (χ1v) is 3.92. The van der Waals surface area contributed by atoms with Crippen molar-refractivity contribution in [2.75, 3.05) is 0 Å². The van der Waals surface area contributed by atoms with Crippen LogP contribution in [0.3, 0.4) is 0 Å². The zero-order valence-electron chi connectivity index (χ0n) is 6.50. The van der Waals surface area contributed by atoms with Crippen molar-refractivity contribution in [3.63, 3.8) is 0 Å². The molecule has 0 spiro atoms. The van der Waals surface area contributed by atoms with E-state index in [0.29, 0.717) is 10.6 Å². The lowest BCUT2D eigenvalue weighted by molar-refractivity contribution is 0.229. The molecule has 0 saturated heterocycles. The number of aliphatic hydroxyl groups is 1. The summed E-state index contributed by atoms with van der Waals surface area (Å²) in [6.45, 7) is 3.37. The van der Waals surface area contributed by atoms with Gasteiger partial charge in [-0.05, 0) is 12.1 Å². The first-order chi connectivity index (χ1) is 5.75. The van der Waals surface area contributed by atoms with Gasteiger partial charge in [0.2, 0.25) is 0 Å². The van der Waals surface area contributed by atoms with Crippen molar-refractivity contribution in [2.45, 2.75) is 6.10 Å². The lowest BCUT2D eigenvalue weighted by atomic mass is 10.1. The third-order valence-electron chi connectivity index (χ3n) is 1.50. The standard InChI is InChI=1S/C10H9ClO/c1-2-5-10(12)8-6-3-4-7-9(8)11/h3-7,10,12H,1H2. The summed E-state index contributed by atoms with van der Waals surface area (Å²) in [5.74, 6) is 0. The summed E-state index contributed by atoms with van der Waals surface area (Å²) in [5, 5.41) is 10.0. The molecule has 1 rings (SSSR count). The van der Waals surface area contributed by atoms with E-state index in [1.807, 2.05) is 12.1 Å².